The molecule has 1 N–H and O–H groups in total. The third-order valence-corrected chi connectivity index (χ3v) is 3.94. The van der Waals surface area contributed by atoms with Gasteiger partial charge in [-0.2, -0.15) is 8.42 Å². The Kier molecular flexibility index (Phi) is 3.90. The Labute approximate surface area is 100 Å². The molecular formula is C11H14O5S. The second-order valence-electron chi connectivity index (χ2n) is 3.59. The van der Waals surface area contributed by atoms with Crippen LogP contribution in [0.1, 0.15) is 19.4 Å². The number of hydrogen-bond donors (Lipinski definition) is 1. The van der Waals surface area contributed by atoms with Crippen LogP contribution in [0.25, 0.3) is 0 Å². The molecular weight excluding hydrogens is 244 g/mol. The van der Waals surface area contributed by atoms with Gasteiger partial charge in [-0.25, -0.2) is 4.79 Å². The van der Waals surface area contributed by atoms with Crippen molar-refractivity contribution >= 4 is 16.1 Å². The molecule has 0 fully saturated rings. The number of esters is 1. The summed E-state index contributed by atoms with van der Waals surface area (Å²) in [6, 6.07) is 7.74. The van der Waals surface area contributed by atoms with Crippen LogP contribution in [0.4, 0.5) is 0 Å². The molecule has 6 heteroatoms. The molecule has 1 aromatic rings. The maximum Gasteiger partial charge on any atom is 0.334 e. The fraction of sp³-hybridized carbons (Fsp3) is 0.364. The molecule has 0 radical (unpaired) electrons. The molecule has 94 valence electrons. The minimum atomic E-state index is -4.61. The SMILES string of the molecule is CCOC(=O)[C@@](C)(c1ccccc1)S(=O)(=O)O. The highest BCUT2D eigenvalue weighted by molar-refractivity contribution is 7.87. The van der Waals surface area contributed by atoms with Gasteiger partial charge >= 0.3 is 5.97 Å². The molecule has 0 amide bonds. The van der Waals surface area contributed by atoms with Gasteiger partial charge in [-0.3, -0.25) is 4.55 Å². The number of hydrogen-bond acceptors (Lipinski definition) is 4. The van der Waals surface area contributed by atoms with Gasteiger partial charge in [0.2, 0.25) is 4.75 Å². The van der Waals surface area contributed by atoms with Gasteiger partial charge in [0.05, 0.1) is 6.61 Å². The highest BCUT2D eigenvalue weighted by Crippen LogP contribution is 2.30. The molecule has 1 atom stereocenters. The van der Waals surface area contributed by atoms with E-state index < -0.39 is 20.8 Å². The lowest BCUT2D eigenvalue weighted by Gasteiger charge is -2.24. The summed E-state index contributed by atoms with van der Waals surface area (Å²) in [5, 5.41) is 0. The summed E-state index contributed by atoms with van der Waals surface area (Å²) in [5.41, 5.74) is 0.168. The Hall–Kier alpha value is -1.40. The third kappa shape index (κ3) is 2.48. The first-order chi connectivity index (χ1) is 7.84. The van der Waals surface area contributed by atoms with Crippen molar-refractivity contribution in [3.63, 3.8) is 0 Å². The summed E-state index contributed by atoms with van der Waals surface area (Å²) in [7, 11) is -4.61. The van der Waals surface area contributed by atoms with Gasteiger partial charge in [0.25, 0.3) is 10.1 Å². The third-order valence-electron chi connectivity index (χ3n) is 2.51. The standard InChI is InChI=1S/C11H14O5S/c1-3-16-10(12)11(2,17(13,14)15)9-7-5-4-6-8-9/h4-8H,3H2,1-2H3,(H,13,14,15)/t11-/m1/s1. The topological polar surface area (TPSA) is 80.7 Å². The molecule has 17 heavy (non-hydrogen) atoms. The van der Waals surface area contributed by atoms with Gasteiger partial charge in [-0.15, -0.1) is 0 Å². The van der Waals surface area contributed by atoms with Crippen molar-refractivity contribution in [1.29, 1.82) is 0 Å². The van der Waals surface area contributed by atoms with Crippen LogP contribution in [0.15, 0.2) is 30.3 Å². The van der Waals surface area contributed by atoms with Gasteiger partial charge in [-0.05, 0) is 19.4 Å². The van der Waals surface area contributed by atoms with Gasteiger partial charge in [0.15, 0.2) is 0 Å². The van der Waals surface area contributed by atoms with Gasteiger partial charge in [0, 0.05) is 0 Å². The minimum Gasteiger partial charge on any atom is -0.464 e. The first-order valence-electron chi connectivity index (χ1n) is 5.03. The first-order valence-corrected chi connectivity index (χ1v) is 6.47. The van der Waals surface area contributed by atoms with Gasteiger partial charge in [-0.1, -0.05) is 30.3 Å². The van der Waals surface area contributed by atoms with Crippen LogP contribution in [0.3, 0.4) is 0 Å². The van der Waals surface area contributed by atoms with Crippen LogP contribution in [0.2, 0.25) is 0 Å². The number of rotatable bonds is 4. The number of carbonyl (C=O) groups excluding carboxylic acids is 1. The normalized spacial score (nSPS) is 15.0. The molecule has 0 spiro atoms. The smallest absolute Gasteiger partial charge is 0.334 e. The maximum atomic E-state index is 11.8. The average molecular weight is 258 g/mol. The summed E-state index contributed by atoms with van der Waals surface area (Å²) in [6.07, 6.45) is 0. The molecule has 0 bridgehead atoms. The summed E-state index contributed by atoms with van der Waals surface area (Å²) in [5.74, 6) is -0.992. The van der Waals surface area contributed by atoms with Crippen LogP contribution in [-0.4, -0.2) is 25.5 Å². The summed E-state index contributed by atoms with van der Waals surface area (Å²) in [6.45, 7) is 2.72. The molecule has 0 aliphatic carbocycles. The molecule has 0 unspecified atom stereocenters. The van der Waals surface area contributed by atoms with Gasteiger partial charge < -0.3 is 4.74 Å². The van der Waals surface area contributed by atoms with E-state index in [1.54, 1.807) is 25.1 Å². The van der Waals surface area contributed by atoms with Crippen molar-refractivity contribution in [3.8, 4) is 0 Å². The Morgan fingerprint density at radius 2 is 1.88 bits per heavy atom. The summed E-state index contributed by atoms with van der Waals surface area (Å²) >= 11 is 0. The summed E-state index contributed by atoms with van der Waals surface area (Å²) in [4.78, 5) is 11.8. The average Bonchev–Trinajstić information content (AvgIpc) is 2.28. The van der Waals surface area contributed by atoms with E-state index in [2.05, 4.69) is 0 Å². The molecule has 5 nitrogen and oxygen atoms in total. The number of ether oxygens (including phenoxy) is 1. The van der Waals surface area contributed by atoms with Crippen LogP contribution >= 0.6 is 0 Å². The Morgan fingerprint density at radius 1 is 1.35 bits per heavy atom. The maximum absolute atomic E-state index is 11.8. The van der Waals surface area contributed by atoms with Crippen LogP contribution < -0.4 is 0 Å². The van der Waals surface area contributed by atoms with E-state index in [1.165, 1.54) is 12.1 Å². The molecule has 1 rings (SSSR count). The second kappa shape index (κ2) is 4.85. The second-order valence-corrected chi connectivity index (χ2v) is 5.36. The number of carbonyl (C=O) groups is 1. The van der Waals surface area contributed by atoms with E-state index in [0.29, 0.717) is 0 Å². The van der Waals surface area contributed by atoms with E-state index in [1.807, 2.05) is 0 Å². The van der Waals surface area contributed by atoms with Crippen molar-refractivity contribution in [3.05, 3.63) is 35.9 Å². The molecule has 1 aromatic carbocycles. The fourth-order valence-corrected chi connectivity index (χ4v) is 2.10. The first kappa shape index (κ1) is 13.7. The fourth-order valence-electron chi connectivity index (χ4n) is 1.40. The highest BCUT2D eigenvalue weighted by atomic mass is 32.2. The lowest BCUT2D eigenvalue weighted by atomic mass is 10.0. The monoisotopic (exact) mass is 258 g/mol. The molecule has 0 saturated carbocycles. The van der Waals surface area contributed by atoms with Crippen LogP contribution in [-0.2, 0) is 24.4 Å². The van der Waals surface area contributed by atoms with Crippen molar-refractivity contribution in [2.24, 2.45) is 0 Å². The Bertz CT molecular complexity index is 494. The Balaban J connectivity index is 3.37. The predicted molar refractivity (Wildman–Crippen MR) is 62.0 cm³/mol. The largest absolute Gasteiger partial charge is 0.464 e. The quantitative estimate of drug-likeness (QED) is 0.651. The van der Waals surface area contributed by atoms with E-state index in [4.69, 9.17) is 4.74 Å². The predicted octanol–water partition coefficient (Wildman–Crippen LogP) is 1.35. The molecule has 0 aliphatic heterocycles. The lowest BCUT2D eigenvalue weighted by Crippen LogP contribution is -2.41. The van der Waals surface area contributed by atoms with Crippen LogP contribution in [0.5, 0.6) is 0 Å². The zero-order valence-electron chi connectivity index (χ0n) is 9.58. The van der Waals surface area contributed by atoms with E-state index in [9.17, 15) is 17.8 Å². The van der Waals surface area contributed by atoms with E-state index in [0.717, 1.165) is 6.92 Å². The minimum absolute atomic E-state index is 0.0385. The summed E-state index contributed by atoms with van der Waals surface area (Å²) < 4.78 is 34.7. The highest BCUT2D eigenvalue weighted by Gasteiger charge is 2.48. The number of benzene rings is 1. The molecule has 0 heterocycles. The molecule has 0 aliphatic rings. The lowest BCUT2D eigenvalue weighted by molar-refractivity contribution is -0.146. The van der Waals surface area contributed by atoms with Crippen LogP contribution in [0, 0.1) is 0 Å². The van der Waals surface area contributed by atoms with Crippen molar-refractivity contribution in [2.45, 2.75) is 18.6 Å². The molecule has 0 aromatic heterocycles. The zero-order valence-corrected chi connectivity index (χ0v) is 10.4. The van der Waals surface area contributed by atoms with Crippen molar-refractivity contribution in [2.75, 3.05) is 6.61 Å². The van der Waals surface area contributed by atoms with Crippen molar-refractivity contribution in [1.82, 2.24) is 0 Å². The van der Waals surface area contributed by atoms with Gasteiger partial charge in [0.1, 0.15) is 0 Å². The zero-order chi connectivity index (χ0) is 13.1. The van der Waals surface area contributed by atoms with E-state index in [-0.39, 0.29) is 12.2 Å². The van der Waals surface area contributed by atoms with Crippen molar-refractivity contribution < 1.29 is 22.5 Å². The van der Waals surface area contributed by atoms with E-state index >= 15 is 0 Å². The molecule has 0 saturated heterocycles. The Morgan fingerprint density at radius 3 is 2.29 bits per heavy atom.